The Kier molecular flexibility index (Phi) is 2.53. The first-order chi connectivity index (χ1) is 6.08. The molecule has 0 aromatic carbocycles. The lowest BCUT2D eigenvalue weighted by Crippen LogP contribution is -2.39. The van der Waals surface area contributed by atoms with E-state index in [0.29, 0.717) is 5.88 Å². The van der Waals surface area contributed by atoms with E-state index in [-0.39, 0.29) is 11.9 Å². The second-order valence-electron chi connectivity index (χ2n) is 2.45. The average Bonchev–Trinajstić information content (AvgIpc) is 2.33. The van der Waals surface area contributed by atoms with E-state index in [1.807, 2.05) is 0 Å². The molecular weight excluding hydrogens is 170 g/mol. The summed E-state index contributed by atoms with van der Waals surface area (Å²) in [5.74, 6) is 0.803. The molecule has 0 amide bonds. The summed E-state index contributed by atoms with van der Waals surface area (Å²) in [5, 5.41) is 19.0. The maximum absolute atomic E-state index is 7.26. The highest BCUT2D eigenvalue weighted by Crippen LogP contribution is 2.10. The quantitative estimate of drug-likeness (QED) is 0.319. The van der Waals surface area contributed by atoms with Crippen LogP contribution in [-0.2, 0) is 0 Å². The topological polar surface area (TPSA) is 111 Å². The van der Waals surface area contributed by atoms with Gasteiger partial charge in [-0.1, -0.05) is 0 Å². The average molecular weight is 181 g/mol. The number of anilines is 1. The molecule has 0 aliphatic heterocycles. The summed E-state index contributed by atoms with van der Waals surface area (Å²) in [6.45, 7) is 1.80. The number of hydrogen-bond donors (Lipinski definition) is 5. The largest absolute Gasteiger partial charge is 0.446 e. The zero-order valence-corrected chi connectivity index (χ0v) is 7.14. The van der Waals surface area contributed by atoms with Gasteiger partial charge in [0.05, 0.1) is 0 Å². The molecule has 0 saturated heterocycles. The van der Waals surface area contributed by atoms with Gasteiger partial charge in [-0.15, -0.1) is 0 Å². The van der Waals surface area contributed by atoms with Crippen molar-refractivity contribution in [2.45, 2.75) is 6.92 Å². The van der Waals surface area contributed by atoms with Crippen LogP contribution in [0.2, 0.25) is 0 Å². The Hall–Kier alpha value is -1.98. The fourth-order valence-corrected chi connectivity index (χ4v) is 0.791. The molecule has 6 N–H and O–H groups in total. The molecule has 1 aromatic heterocycles. The molecule has 0 radical (unpaired) electrons. The van der Waals surface area contributed by atoms with Crippen LogP contribution < -0.4 is 16.4 Å². The van der Waals surface area contributed by atoms with Crippen LogP contribution in [0.4, 0.5) is 5.88 Å². The van der Waals surface area contributed by atoms with E-state index < -0.39 is 0 Å². The van der Waals surface area contributed by atoms with Gasteiger partial charge in [-0.2, -0.15) is 0 Å². The minimum atomic E-state index is -0.291. The Labute approximate surface area is 75.1 Å². The zero-order chi connectivity index (χ0) is 9.84. The van der Waals surface area contributed by atoms with Crippen molar-refractivity contribution in [1.82, 2.24) is 5.32 Å². The predicted octanol–water partition coefficient (Wildman–Crippen LogP) is 0.418. The third-order valence-electron chi connectivity index (χ3n) is 1.25. The molecule has 1 rings (SSSR count). The Morgan fingerprint density at radius 1 is 1.46 bits per heavy atom. The van der Waals surface area contributed by atoms with Crippen LogP contribution >= 0.6 is 0 Å². The molecule has 70 valence electrons. The van der Waals surface area contributed by atoms with E-state index in [2.05, 4.69) is 10.6 Å². The second kappa shape index (κ2) is 3.61. The van der Waals surface area contributed by atoms with Gasteiger partial charge in [-0.3, -0.25) is 21.5 Å². The molecule has 0 bridgehead atoms. The summed E-state index contributed by atoms with van der Waals surface area (Å²) in [7, 11) is 0. The van der Waals surface area contributed by atoms with Gasteiger partial charge in [0.1, 0.15) is 5.76 Å². The van der Waals surface area contributed by atoms with Gasteiger partial charge in [0, 0.05) is 6.07 Å². The number of guanidine groups is 2. The minimum absolute atomic E-state index is 0.0955. The molecule has 13 heavy (non-hydrogen) atoms. The predicted molar refractivity (Wildman–Crippen MR) is 49.8 cm³/mol. The molecule has 0 spiro atoms. The van der Waals surface area contributed by atoms with Crippen molar-refractivity contribution in [3.63, 3.8) is 0 Å². The van der Waals surface area contributed by atoms with Crippen molar-refractivity contribution < 1.29 is 4.42 Å². The Morgan fingerprint density at radius 3 is 2.62 bits per heavy atom. The van der Waals surface area contributed by atoms with Crippen LogP contribution in [0.3, 0.4) is 0 Å². The fraction of sp³-hybridized carbons (Fsp3) is 0.143. The lowest BCUT2D eigenvalue weighted by Gasteiger charge is -2.05. The summed E-state index contributed by atoms with van der Waals surface area (Å²) in [5.41, 5.74) is 5.01. The maximum Gasteiger partial charge on any atom is 0.202 e. The summed E-state index contributed by atoms with van der Waals surface area (Å²) >= 11 is 0. The first-order valence-corrected chi connectivity index (χ1v) is 3.61. The van der Waals surface area contributed by atoms with Gasteiger partial charge in [0.25, 0.3) is 0 Å². The van der Waals surface area contributed by atoms with Crippen molar-refractivity contribution >= 4 is 17.8 Å². The minimum Gasteiger partial charge on any atom is -0.446 e. The zero-order valence-electron chi connectivity index (χ0n) is 7.14. The van der Waals surface area contributed by atoms with Gasteiger partial charge < -0.3 is 10.2 Å². The molecule has 1 heterocycles. The normalized spacial score (nSPS) is 9.31. The smallest absolute Gasteiger partial charge is 0.202 e. The Morgan fingerprint density at radius 2 is 2.15 bits per heavy atom. The van der Waals surface area contributed by atoms with E-state index >= 15 is 0 Å². The molecule has 1 aromatic rings. The third kappa shape index (κ3) is 2.86. The SMILES string of the molecule is Cc1ccc(NC(=N)NC(=N)N)o1. The van der Waals surface area contributed by atoms with Crippen LogP contribution in [0.5, 0.6) is 0 Å². The molecule has 0 aliphatic carbocycles. The molecular formula is C7H11N5O. The standard InChI is InChI=1S/C7H11N5O/c1-4-2-3-5(13-4)11-7(10)12-6(8)9/h2-3H,1H3,(H6,8,9,10,11,12). The second-order valence-corrected chi connectivity index (χ2v) is 2.45. The molecule has 0 saturated carbocycles. The van der Waals surface area contributed by atoms with Crippen molar-refractivity contribution in [2.75, 3.05) is 5.32 Å². The van der Waals surface area contributed by atoms with Gasteiger partial charge in [-0.05, 0) is 13.0 Å². The van der Waals surface area contributed by atoms with Crippen molar-refractivity contribution in [2.24, 2.45) is 5.73 Å². The summed E-state index contributed by atoms with van der Waals surface area (Å²) in [6, 6.07) is 3.45. The molecule has 0 atom stereocenters. The number of nitrogens with one attached hydrogen (secondary N) is 4. The van der Waals surface area contributed by atoms with Crippen molar-refractivity contribution in [1.29, 1.82) is 10.8 Å². The van der Waals surface area contributed by atoms with Gasteiger partial charge >= 0.3 is 0 Å². The number of nitrogens with two attached hydrogens (primary N) is 1. The van der Waals surface area contributed by atoms with Crippen LogP contribution in [0.1, 0.15) is 5.76 Å². The lowest BCUT2D eigenvalue weighted by molar-refractivity contribution is 0.552. The van der Waals surface area contributed by atoms with Gasteiger partial charge in [-0.25, -0.2) is 0 Å². The van der Waals surface area contributed by atoms with E-state index in [9.17, 15) is 0 Å². The highest BCUT2D eigenvalue weighted by atomic mass is 16.4. The fourth-order valence-electron chi connectivity index (χ4n) is 0.791. The molecule has 0 fully saturated rings. The van der Waals surface area contributed by atoms with Gasteiger partial charge in [0.2, 0.25) is 5.96 Å². The lowest BCUT2D eigenvalue weighted by atomic mass is 10.5. The number of rotatable bonds is 1. The van der Waals surface area contributed by atoms with Crippen LogP contribution in [0.25, 0.3) is 0 Å². The monoisotopic (exact) mass is 181 g/mol. The summed E-state index contributed by atoms with van der Waals surface area (Å²) < 4.78 is 5.13. The highest BCUT2D eigenvalue weighted by Gasteiger charge is 2.01. The Balaban J connectivity index is 2.50. The van der Waals surface area contributed by atoms with Crippen molar-refractivity contribution in [3.8, 4) is 0 Å². The first kappa shape index (κ1) is 9.11. The van der Waals surface area contributed by atoms with E-state index in [1.165, 1.54) is 0 Å². The first-order valence-electron chi connectivity index (χ1n) is 3.61. The van der Waals surface area contributed by atoms with Crippen molar-refractivity contribution in [3.05, 3.63) is 17.9 Å². The van der Waals surface area contributed by atoms with Crippen LogP contribution in [0.15, 0.2) is 16.5 Å². The van der Waals surface area contributed by atoms with Crippen LogP contribution in [0, 0.1) is 17.7 Å². The Bertz CT molecular complexity index is 329. The van der Waals surface area contributed by atoms with E-state index in [4.69, 9.17) is 21.0 Å². The molecule has 6 nitrogen and oxygen atoms in total. The summed E-state index contributed by atoms with van der Waals surface area (Å²) in [4.78, 5) is 0. The molecule has 0 aliphatic rings. The highest BCUT2D eigenvalue weighted by molar-refractivity contribution is 6.01. The third-order valence-corrected chi connectivity index (χ3v) is 1.25. The number of hydrogen-bond acceptors (Lipinski definition) is 3. The van der Waals surface area contributed by atoms with E-state index in [0.717, 1.165) is 5.76 Å². The number of aryl methyl sites for hydroxylation is 1. The van der Waals surface area contributed by atoms with E-state index in [1.54, 1.807) is 19.1 Å². The summed E-state index contributed by atoms with van der Waals surface area (Å²) in [6.07, 6.45) is 0. The molecule has 0 unspecified atom stereocenters. The van der Waals surface area contributed by atoms with Crippen LogP contribution in [-0.4, -0.2) is 11.9 Å². The van der Waals surface area contributed by atoms with Gasteiger partial charge in [0.15, 0.2) is 11.8 Å². The molecule has 6 heteroatoms. The maximum atomic E-state index is 7.26. The number of furan rings is 1.